The molecule has 1 fully saturated rings. The van der Waals surface area contributed by atoms with Gasteiger partial charge in [-0.2, -0.15) is 0 Å². The van der Waals surface area contributed by atoms with Crippen LogP contribution in [0.4, 0.5) is 0 Å². The van der Waals surface area contributed by atoms with Crippen LogP contribution in [0, 0.1) is 5.92 Å². The zero-order chi connectivity index (χ0) is 15.4. The fourth-order valence-electron chi connectivity index (χ4n) is 2.49. The second kappa shape index (κ2) is 7.59. The van der Waals surface area contributed by atoms with Gasteiger partial charge in [-0.25, -0.2) is 0 Å². The molecule has 0 saturated heterocycles. The maximum Gasteiger partial charge on any atom is 0.178 e. The Bertz CT molecular complexity index is 503. The maximum atomic E-state index is 12.5. The van der Waals surface area contributed by atoms with Gasteiger partial charge in [0, 0.05) is 30.3 Å². The minimum absolute atomic E-state index is 0.00565. The zero-order valence-electron chi connectivity index (χ0n) is 12.4. The predicted octanol–water partition coefficient (Wildman–Crippen LogP) is 3.92. The van der Waals surface area contributed by atoms with Gasteiger partial charge in [-0.05, 0) is 43.9 Å². The minimum atomic E-state index is 0.00565. The average molecular weight is 330 g/mol. The first kappa shape index (κ1) is 16.8. The molecule has 0 bridgehead atoms. The number of methoxy groups -OCH3 is 1. The minimum Gasteiger partial charge on any atom is -0.383 e. The summed E-state index contributed by atoms with van der Waals surface area (Å²) >= 11 is 12.1. The third kappa shape index (κ3) is 4.68. The van der Waals surface area contributed by atoms with Crippen LogP contribution in [0.2, 0.25) is 10.0 Å². The van der Waals surface area contributed by atoms with Gasteiger partial charge in [0.1, 0.15) is 0 Å². The summed E-state index contributed by atoms with van der Waals surface area (Å²) in [6.45, 7) is 3.90. The number of Topliss-reactive ketones (excluding diaryl/α,β-unsaturated/α-hetero) is 1. The molecular formula is C16H21Cl2NO2. The quantitative estimate of drug-likeness (QED) is 0.677. The predicted molar refractivity (Wildman–Crippen MR) is 86.4 cm³/mol. The van der Waals surface area contributed by atoms with Gasteiger partial charge in [-0.15, -0.1) is 0 Å². The molecule has 0 radical (unpaired) electrons. The number of nitrogens with zero attached hydrogens (tertiary/aromatic N) is 1. The first-order chi connectivity index (χ1) is 10.0. The Hall–Kier alpha value is -0.610. The first-order valence-electron chi connectivity index (χ1n) is 7.24. The molecule has 0 spiro atoms. The monoisotopic (exact) mass is 329 g/mol. The molecular weight excluding hydrogens is 309 g/mol. The maximum absolute atomic E-state index is 12.5. The summed E-state index contributed by atoms with van der Waals surface area (Å²) in [4.78, 5) is 14.7. The molecule has 3 nitrogen and oxygen atoms in total. The fourth-order valence-corrected chi connectivity index (χ4v) is 2.89. The number of benzene rings is 1. The van der Waals surface area contributed by atoms with Gasteiger partial charge in [0.25, 0.3) is 0 Å². The molecule has 116 valence electrons. The van der Waals surface area contributed by atoms with E-state index in [1.807, 2.05) is 0 Å². The van der Waals surface area contributed by atoms with Crippen LogP contribution in [0.3, 0.4) is 0 Å². The van der Waals surface area contributed by atoms with E-state index >= 15 is 0 Å². The lowest BCUT2D eigenvalue weighted by Crippen LogP contribution is -2.40. The van der Waals surface area contributed by atoms with Gasteiger partial charge in [0.15, 0.2) is 5.78 Å². The third-order valence-electron chi connectivity index (χ3n) is 4.04. The van der Waals surface area contributed by atoms with Crippen LogP contribution in [0.15, 0.2) is 18.2 Å². The molecule has 0 heterocycles. The molecule has 0 amide bonds. The Morgan fingerprint density at radius 2 is 2.14 bits per heavy atom. The van der Waals surface area contributed by atoms with E-state index in [0.29, 0.717) is 40.7 Å². The lowest BCUT2D eigenvalue weighted by Gasteiger charge is -2.28. The number of halogens is 2. The number of hydrogen-bond acceptors (Lipinski definition) is 3. The van der Waals surface area contributed by atoms with Crippen LogP contribution < -0.4 is 0 Å². The Morgan fingerprint density at radius 1 is 1.43 bits per heavy atom. The Labute approximate surface area is 136 Å². The summed E-state index contributed by atoms with van der Waals surface area (Å²) in [6.07, 6.45) is 2.49. The Morgan fingerprint density at radius 3 is 2.76 bits per heavy atom. The normalized spacial score (nSPS) is 16.2. The number of hydrogen-bond donors (Lipinski definition) is 0. The Balaban J connectivity index is 2.07. The molecule has 1 aromatic carbocycles. The molecule has 1 saturated carbocycles. The topological polar surface area (TPSA) is 29.5 Å². The molecule has 1 aliphatic rings. The highest BCUT2D eigenvalue weighted by Gasteiger charge is 2.32. The summed E-state index contributed by atoms with van der Waals surface area (Å²) in [5, 5.41) is 0.983. The van der Waals surface area contributed by atoms with Crippen molar-refractivity contribution in [3.8, 4) is 0 Å². The van der Waals surface area contributed by atoms with Gasteiger partial charge >= 0.3 is 0 Å². The second-order valence-corrected chi connectivity index (χ2v) is 6.43. The van der Waals surface area contributed by atoms with Crippen LogP contribution in [-0.2, 0) is 4.74 Å². The second-order valence-electron chi connectivity index (χ2n) is 5.59. The molecule has 0 N–H and O–H groups in total. The number of carbonyl (C=O) groups excluding carboxylic acids is 1. The highest BCUT2D eigenvalue weighted by Crippen LogP contribution is 2.35. The van der Waals surface area contributed by atoms with Crippen molar-refractivity contribution < 1.29 is 9.53 Å². The van der Waals surface area contributed by atoms with Crippen LogP contribution in [-0.4, -0.2) is 43.5 Å². The largest absolute Gasteiger partial charge is 0.383 e. The van der Waals surface area contributed by atoms with Crippen molar-refractivity contribution >= 4 is 29.0 Å². The third-order valence-corrected chi connectivity index (χ3v) is 4.60. The van der Waals surface area contributed by atoms with Gasteiger partial charge < -0.3 is 4.74 Å². The lowest BCUT2D eigenvalue weighted by molar-refractivity contribution is 0.0816. The van der Waals surface area contributed by atoms with Gasteiger partial charge in [0.05, 0.1) is 18.2 Å². The molecule has 1 aromatic rings. The Kier molecular flexibility index (Phi) is 6.06. The lowest BCUT2D eigenvalue weighted by atomic mass is 10.1. The molecule has 5 heteroatoms. The van der Waals surface area contributed by atoms with E-state index in [9.17, 15) is 4.79 Å². The summed E-state index contributed by atoms with van der Waals surface area (Å²) in [5.74, 6) is 0.704. The summed E-state index contributed by atoms with van der Waals surface area (Å²) in [5.41, 5.74) is 0.495. The van der Waals surface area contributed by atoms with Crippen LogP contribution in [0.25, 0.3) is 0 Å². The molecule has 1 unspecified atom stereocenters. The van der Waals surface area contributed by atoms with Gasteiger partial charge in [-0.1, -0.05) is 23.2 Å². The van der Waals surface area contributed by atoms with Crippen molar-refractivity contribution in [1.82, 2.24) is 4.90 Å². The molecule has 0 aromatic heterocycles. The molecule has 21 heavy (non-hydrogen) atoms. The standard InChI is InChI=1S/C16H21Cl2NO2/c1-11(12-3-4-12)19(7-8-21-2)10-16(20)14-9-13(17)5-6-15(14)18/h5-6,9,11-12H,3-4,7-8,10H2,1-2H3. The number of rotatable bonds is 8. The molecule has 1 aliphatic carbocycles. The molecule has 1 atom stereocenters. The first-order valence-corrected chi connectivity index (χ1v) is 7.99. The average Bonchev–Trinajstić information content (AvgIpc) is 3.29. The van der Waals surface area contributed by atoms with E-state index in [2.05, 4.69) is 11.8 Å². The summed E-state index contributed by atoms with van der Waals surface area (Å²) in [6, 6.07) is 5.39. The van der Waals surface area contributed by atoms with Crippen molar-refractivity contribution in [2.24, 2.45) is 5.92 Å². The number of ketones is 1. The molecule has 0 aliphatic heterocycles. The van der Waals surface area contributed by atoms with Gasteiger partial charge in [-0.3, -0.25) is 9.69 Å². The number of ether oxygens (including phenoxy) is 1. The highest BCUT2D eigenvalue weighted by molar-refractivity contribution is 6.36. The van der Waals surface area contributed by atoms with Crippen molar-refractivity contribution in [1.29, 1.82) is 0 Å². The van der Waals surface area contributed by atoms with Crippen molar-refractivity contribution in [3.63, 3.8) is 0 Å². The number of carbonyl (C=O) groups is 1. The molecule has 2 rings (SSSR count). The van der Waals surface area contributed by atoms with E-state index in [1.165, 1.54) is 12.8 Å². The van der Waals surface area contributed by atoms with Crippen LogP contribution >= 0.6 is 23.2 Å². The van der Waals surface area contributed by atoms with E-state index in [1.54, 1.807) is 25.3 Å². The van der Waals surface area contributed by atoms with Crippen molar-refractivity contribution in [3.05, 3.63) is 33.8 Å². The van der Waals surface area contributed by atoms with E-state index in [-0.39, 0.29) is 5.78 Å². The summed E-state index contributed by atoms with van der Waals surface area (Å²) in [7, 11) is 1.68. The zero-order valence-corrected chi connectivity index (χ0v) is 14.0. The fraction of sp³-hybridized carbons (Fsp3) is 0.562. The highest BCUT2D eigenvalue weighted by atomic mass is 35.5. The SMILES string of the molecule is COCCN(CC(=O)c1cc(Cl)ccc1Cl)C(C)C1CC1. The van der Waals surface area contributed by atoms with E-state index in [4.69, 9.17) is 27.9 Å². The van der Waals surface area contributed by atoms with E-state index < -0.39 is 0 Å². The van der Waals surface area contributed by atoms with Crippen molar-refractivity contribution in [2.45, 2.75) is 25.8 Å². The smallest absolute Gasteiger partial charge is 0.178 e. The van der Waals surface area contributed by atoms with Gasteiger partial charge in [0.2, 0.25) is 0 Å². The van der Waals surface area contributed by atoms with Crippen LogP contribution in [0.1, 0.15) is 30.1 Å². The van der Waals surface area contributed by atoms with E-state index in [0.717, 1.165) is 6.54 Å². The van der Waals surface area contributed by atoms with Crippen LogP contribution in [0.5, 0.6) is 0 Å². The summed E-state index contributed by atoms with van der Waals surface area (Å²) < 4.78 is 5.15. The van der Waals surface area contributed by atoms with Crippen molar-refractivity contribution in [2.75, 3.05) is 26.8 Å².